The van der Waals surface area contributed by atoms with Crippen LogP contribution in [-0.4, -0.2) is 29.4 Å². The lowest BCUT2D eigenvalue weighted by Gasteiger charge is -2.21. The number of nitrogens with zero attached hydrogens (tertiary/aromatic N) is 2. The molecule has 1 saturated carbocycles. The van der Waals surface area contributed by atoms with Crippen LogP contribution in [0, 0.1) is 0 Å². The first-order valence-electron chi connectivity index (χ1n) is 10.6. The van der Waals surface area contributed by atoms with Gasteiger partial charge in [0.05, 0.1) is 18.9 Å². The zero-order valence-corrected chi connectivity index (χ0v) is 16.9. The molecule has 0 unspecified atom stereocenters. The molecule has 5 nitrogen and oxygen atoms in total. The molecule has 0 amide bonds. The van der Waals surface area contributed by atoms with E-state index < -0.39 is 0 Å². The van der Waals surface area contributed by atoms with Crippen LogP contribution < -0.4 is 0 Å². The highest BCUT2D eigenvalue weighted by Gasteiger charge is 2.21. The minimum absolute atomic E-state index is 0.376. The summed E-state index contributed by atoms with van der Waals surface area (Å²) in [7, 11) is 0. The van der Waals surface area contributed by atoms with E-state index in [0.29, 0.717) is 19.1 Å². The molecule has 2 aromatic heterocycles. The summed E-state index contributed by atoms with van der Waals surface area (Å²) in [6.07, 6.45) is 11.3. The molecule has 27 heavy (non-hydrogen) atoms. The second-order valence-corrected chi connectivity index (χ2v) is 7.42. The Morgan fingerprint density at radius 2 is 1.93 bits per heavy atom. The molecule has 0 N–H and O–H groups in total. The third kappa shape index (κ3) is 5.53. The number of hydrogen-bond donors (Lipinski definition) is 0. The van der Waals surface area contributed by atoms with Crippen molar-refractivity contribution < 1.29 is 14.5 Å². The van der Waals surface area contributed by atoms with Gasteiger partial charge in [0.15, 0.2) is 0 Å². The average Bonchev–Trinajstić information content (AvgIpc) is 3.07. The fraction of sp³-hybridized carbons (Fsp3) is 0.682. The average molecular weight is 375 g/mol. The highest BCUT2D eigenvalue weighted by Crippen LogP contribution is 2.37. The zero-order valence-electron chi connectivity index (χ0n) is 16.9. The van der Waals surface area contributed by atoms with E-state index in [4.69, 9.17) is 19.5 Å². The molecule has 0 radical (unpaired) electrons. The Morgan fingerprint density at radius 1 is 1.07 bits per heavy atom. The van der Waals surface area contributed by atoms with Gasteiger partial charge in [-0.05, 0) is 49.8 Å². The highest BCUT2D eigenvalue weighted by atomic mass is 17.2. The quantitative estimate of drug-likeness (QED) is 0.301. The second kappa shape index (κ2) is 10.8. The minimum Gasteiger partial charge on any atom is -0.380 e. The SMILES string of the molecule is CCCCOCCn1cc(C2CCCCC2)c2ccc(COOCC)nc21. The van der Waals surface area contributed by atoms with Gasteiger partial charge in [0, 0.05) is 24.7 Å². The molecule has 0 aliphatic heterocycles. The van der Waals surface area contributed by atoms with E-state index in [1.807, 2.05) is 6.92 Å². The van der Waals surface area contributed by atoms with E-state index in [9.17, 15) is 0 Å². The lowest BCUT2D eigenvalue weighted by Crippen LogP contribution is -2.07. The van der Waals surface area contributed by atoms with E-state index in [-0.39, 0.29) is 0 Å². The van der Waals surface area contributed by atoms with E-state index in [2.05, 4.69) is 29.8 Å². The Bertz CT molecular complexity index is 692. The fourth-order valence-corrected chi connectivity index (χ4v) is 3.92. The summed E-state index contributed by atoms with van der Waals surface area (Å²) in [6.45, 7) is 7.43. The van der Waals surface area contributed by atoms with Crippen molar-refractivity contribution in [3.63, 3.8) is 0 Å². The molecule has 5 heteroatoms. The summed E-state index contributed by atoms with van der Waals surface area (Å²) in [5, 5.41) is 1.29. The van der Waals surface area contributed by atoms with Crippen molar-refractivity contribution in [2.24, 2.45) is 0 Å². The Balaban J connectivity index is 1.79. The van der Waals surface area contributed by atoms with Crippen molar-refractivity contribution in [2.75, 3.05) is 19.8 Å². The van der Waals surface area contributed by atoms with Crippen LogP contribution in [0.5, 0.6) is 0 Å². The highest BCUT2D eigenvalue weighted by molar-refractivity contribution is 5.81. The predicted octanol–water partition coefficient (Wildman–Crippen LogP) is 5.37. The molecule has 1 aliphatic rings. The molecule has 0 aromatic carbocycles. The number of ether oxygens (including phenoxy) is 1. The Kier molecular flexibility index (Phi) is 8.11. The molecule has 2 aromatic rings. The van der Waals surface area contributed by atoms with Crippen molar-refractivity contribution >= 4 is 11.0 Å². The summed E-state index contributed by atoms with van der Waals surface area (Å²) in [5.74, 6) is 0.663. The number of rotatable bonds is 11. The Morgan fingerprint density at radius 3 is 2.70 bits per heavy atom. The van der Waals surface area contributed by atoms with Gasteiger partial charge >= 0.3 is 0 Å². The Labute approximate surface area is 162 Å². The normalized spacial score (nSPS) is 15.6. The van der Waals surface area contributed by atoms with E-state index in [1.165, 1.54) is 49.5 Å². The minimum atomic E-state index is 0.376. The van der Waals surface area contributed by atoms with E-state index in [1.54, 1.807) is 0 Å². The summed E-state index contributed by atoms with van der Waals surface area (Å²) >= 11 is 0. The maximum absolute atomic E-state index is 5.80. The molecule has 150 valence electrons. The van der Waals surface area contributed by atoms with Gasteiger partial charge in [-0.1, -0.05) is 32.6 Å². The van der Waals surface area contributed by atoms with Gasteiger partial charge in [0.25, 0.3) is 0 Å². The monoisotopic (exact) mass is 374 g/mol. The topological polar surface area (TPSA) is 45.5 Å². The molecule has 2 heterocycles. The van der Waals surface area contributed by atoms with Crippen LogP contribution in [-0.2, 0) is 27.7 Å². The van der Waals surface area contributed by atoms with Gasteiger partial charge in [-0.25, -0.2) is 14.8 Å². The van der Waals surface area contributed by atoms with Crippen LogP contribution in [0.25, 0.3) is 11.0 Å². The third-order valence-electron chi connectivity index (χ3n) is 5.38. The van der Waals surface area contributed by atoms with Crippen LogP contribution in [0.3, 0.4) is 0 Å². The summed E-state index contributed by atoms with van der Waals surface area (Å²) in [6, 6.07) is 4.28. The predicted molar refractivity (Wildman–Crippen MR) is 108 cm³/mol. The fourth-order valence-electron chi connectivity index (χ4n) is 3.92. The van der Waals surface area contributed by atoms with Gasteiger partial charge in [-0.15, -0.1) is 0 Å². The molecule has 0 bridgehead atoms. The second-order valence-electron chi connectivity index (χ2n) is 7.42. The summed E-state index contributed by atoms with van der Waals surface area (Å²) < 4.78 is 8.07. The maximum atomic E-state index is 5.80. The van der Waals surface area contributed by atoms with Gasteiger partial charge in [0.2, 0.25) is 0 Å². The molecule has 0 atom stereocenters. The van der Waals surface area contributed by atoms with Crippen molar-refractivity contribution in [2.45, 2.75) is 77.9 Å². The van der Waals surface area contributed by atoms with Gasteiger partial charge in [-0.2, -0.15) is 0 Å². The molecule has 0 saturated heterocycles. The van der Waals surface area contributed by atoms with Crippen LogP contribution in [0.1, 0.15) is 76.0 Å². The first-order valence-corrected chi connectivity index (χ1v) is 10.6. The number of aromatic nitrogens is 2. The summed E-state index contributed by atoms with van der Waals surface area (Å²) in [5.41, 5.74) is 3.41. The number of fused-ring (bicyclic) bond motifs is 1. The van der Waals surface area contributed by atoms with E-state index in [0.717, 1.165) is 37.5 Å². The summed E-state index contributed by atoms with van der Waals surface area (Å²) in [4.78, 5) is 15.1. The molecule has 1 fully saturated rings. The first kappa shape index (κ1) is 20.3. The van der Waals surface area contributed by atoms with Crippen molar-refractivity contribution in [3.05, 3.63) is 29.6 Å². The van der Waals surface area contributed by atoms with Crippen LogP contribution in [0.2, 0.25) is 0 Å². The number of hydrogen-bond acceptors (Lipinski definition) is 4. The molecular weight excluding hydrogens is 340 g/mol. The van der Waals surface area contributed by atoms with Crippen LogP contribution in [0.4, 0.5) is 0 Å². The molecule has 1 aliphatic carbocycles. The Hall–Kier alpha value is -1.43. The van der Waals surface area contributed by atoms with Crippen molar-refractivity contribution in [1.82, 2.24) is 9.55 Å². The molecule has 3 rings (SSSR count). The number of unbranched alkanes of at least 4 members (excludes halogenated alkanes) is 1. The van der Waals surface area contributed by atoms with Gasteiger partial charge in [0.1, 0.15) is 12.3 Å². The lowest BCUT2D eigenvalue weighted by molar-refractivity contribution is -0.301. The van der Waals surface area contributed by atoms with Crippen molar-refractivity contribution in [3.8, 4) is 0 Å². The molecule has 0 spiro atoms. The number of pyridine rings is 1. The lowest BCUT2D eigenvalue weighted by atomic mass is 9.84. The zero-order chi connectivity index (χ0) is 18.9. The van der Waals surface area contributed by atoms with Gasteiger partial charge in [-0.3, -0.25) is 0 Å². The standard InChI is InChI=1S/C22H34N2O3/c1-3-5-14-25-15-13-24-16-21(18-9-7-6-8-10-18)20-12-11-19(23-22(20)24)17-27-26-4-2/h11-12,16,18H,3-10,13-15,17H2,1-2H3. The van der Waals surface area contributed by atoms with Crippen LogP contribution in [0.15, 0.2) is 18.3 Å². The first-order chi connectivity index (χ1) is 13.3. The molecular formula is C22H34N2O3. The maximum Gasteiger partial charge on any atom is 0.140 e. The smallest absolute Gasteiger partial charge is 0.140 e. The van der Waals surface area contributed by atoms with Gasteiger partial charge < -0.3 is 9.30 Å². The van der Waals surface area contributed by atoms with Crippen molar-refractivity contribution in [1.29, 1.82) is 0 Å². The van der Waals surface area contributed by atoms with Crippen LogP contribution >= 0.6 is 0 Å². The van der Waals surface area contributed by atoms with E-state index >= 15 is 0 Å². The largest absolute Gasteiger partial charge is 0.380 e. The third-order valence-corrected chi connectivity index (χ3v) is 5.38.